The molecule has 0 saturated heterocycles. The van der Waals surface area contributed by atoms with E-state index < -0.39 is 24.5 Å². The Balaban J connectivity index is 2.73. The lowest BCUT2D eigenvalue weighted by Crippen LogP contribution is -2.41. The molecule has 1 fully saturated rings. The van der Waals surface area contributed by atoms with Crippen LogP contribution in [0.25, 0.3) is 0 Å². The number of hydrogen-bond acceptors (Lipinski definition) is 7. The van der Waals surface area contributed by atoms with E-state index in [-0.39, 0.29) is 12.7 Å². The maximum atomic E-state index is 12.6. The predicted octanol–water partition coefficient (Wildman–Crippen LogP) is 3.30. The molecule has 0 aliphatic heterocycles. The van der Waals surface area contributed by atoms with E-state index >= 15 is 0 Å². The Kier molecular flexibility index (Phi) is 10.9. The van der Waals surface area contributed by atoms with E-state index in [0.29, 0.717) is 31.0 Å². The van der Waals surface area contributed by atoms with Gasteiger partial charge in [-0.05, 0) is 44.4 Å². The SMILES string of the molecule is CCOC(CO[C@@H](OC(C)=O)C(=O)O[C@@H]1C[C@H](C)CC[C@H]1C(C)C)OCC. The molecule has 0 heterocycles. The van der Waals surface area contributed by atoms with Crippen LogP contribution in [0.1, 0.15) is 60.8 Å². The van der Waals surface area contributed by atoms with Gasteiger partial charge in [-0.2, -0.15) is 0 Å². The summed E-state index contributed by atoms with van der Waals surface area (Å²) in [5.41, 5.74) is 0. The average molecular weight is 389 g/mol. The predicted molar refractivity (Wildman–Crippen MR) is 99.8 cm³/mol. The molecule has 0 aromatic rings. The molecule has 0 spiro atoms. The Morgan fingerprint density at radius 1 is 1.04 bits per heavy atom. The largest absolute Gasteiger partial charge is 0.457 e. The minimum atomic E-state index is -1.42. The lowest BCUT2D eigenvalue weighted by atomic mass is 9.75. The molecule has 7 nitrogen and oxygen atoms in total. The van der Waals surface area contributed by atoms with E-state index in [1.54, 1.807) is 0 Å². The van der Waals surface area contributed by atoms with Gasteiger partial charge in [0.2, 0.25) is 0 Å². The van der Waals surface area contributed by atoms with Gasteiger partial charge >= 0.3 is 18.2 Å². The number of esters is 2. The maximum absolute atomic E-state index is 12.6. The quantitative estimate of drug-likeness (QED) is 0.397. The summed E-state index contributed by atoms with van der Waals surface area (Å²) < 4.78 is 27.0. The third-order valence-electron chi connectivity index (χ3n) is 4.78. The monoisotopic (exact) mass is 388 g/mol. The molecule has 158 valence electrons. The third kappa shape index (κ3) is 8.58. The third-order valence-corrected chi connectivity index (χ3v) is 4.78. The highest BCUT2D eigenvalue weighted by molar-refractivity contribution is 5.77. The number of ether oxygens (including phenoxy) is 5. The molecule has 0 radical (unpaired) electrons. The van der Waals surface area contributed by atoms with Crippen molar-refractivity contribution in [2.45, 2.75) is 79.5 Å². The molecule has 27 heavy (non-hydrogen) atoms. The van der Waals surface area contributed by atoms with Crippen molar-refractivity contribution in [3.63, 3.8) is 0 Å². The molecular weight excluding hydrogens is 352 g/mol. The second-order valence-corrected chi connectivity index (χ2v) is 7.42. The van der Waals surface area contributed by atoms with Crippen LogP contribution in [0.4, 0.5) is 0 Å². The topological polar surface area (TPSA) is 80.3 Å². The Bertz CT molecular complexity index is 446. The van der Waals surface area contributed by atoms with Crippen LogP contribution in [-0.2, 0) is 33.3 Å². The lowest BCUT2D eigenvalue weighted by molar-refractivity contribution is -0.229. The van der Waals surface area contributed by atoms with Crippen molar-refractivity contribution >= 4 is 11.9 Å². The van der Waals surface area contributed by atoms with Crippen LogP contribution in [0, 0.1) is 17.8 Å². The summed E-state index contributed by atoms with van der Waals surface area (Å²) in [6.45, 7) is 12.2. The van der Waals surface area contributed by atoms with E-state index in [9.17, 15) is 9.59 Å². The molecule has 0 bridgehead atoms. The maximum Gasteiger partial charge on any atom is 0.376 e. The first-order chi connectivity index (χ1) is 12.8. The second-order valence-electron chi connectivity index (χ2n) is 7.42. The summed E-state index contributed by atoms with van der Waals surface area (Å²) in [6, 6.07) is 0. The molecule has 0 aromatic heterocycles. The van der Waals surface area contributed by atoms with Gasteiger partial charge in [-0.1, -0.05) is 27.2 Å². The molecule has 1 aliphatic rings. The summed E-state index contributed by atoms with van der Waals surface area (Å²) >= 11 is 0. The van der Waals surface area contributed by atoms with Crippen molar-refractivity contribution in [3.8, 4) is 0 Å². The van der Waals surface area contributed by atoms with Crippen LogP contribution in [0.15, 0.2) is 0 Å². The van der Waals surface area contributed by atoms with E-state index in [4.69, 9.17) is 23.7 Å². The van der Waals surface area contributed by atoms with Gasteiger partial charge in [-0.25, -0.2) is 4.79 Å². The number of rotatable bonds is 11. The number of carbonyl (C=O) groups is 2. The zero-order valence-electron chi connectivity index (χ0n) is 17.6. The zero-order chi connectivity index (χ0) is 20.4. The van der Waals surface area contributed by atoms with Crippen molar-refractivity contribution in [1.82, 2.24) is 0 Å². The first-order valence-electron chi connectivity index (χ1n) is 10.0. The second kappa shape index (κ2) is 12.3. The van der Waals surface area contributed by atoms with Gasteiger partial charge in [0.05, 0.1) is 0 Å². The van der Waals surface area contributed by atoms with Crippen LogP contribution >= 0.6 is 0 Å². The van der Waals surface area contributed by atoms with Crippen molar-refractivity contribution in [2.24, 2.45) is 17.8 Å². The van der Waals surface area contributed by atoms with Crippen LogP contribution in [0.5, 0.6) is 0 Å². The van der Waals surface area contributed by atoms with E-state index in [1.807, 2.05) is 13.8 Å². The van der Waals surface area contributed by atoms with Gasteiger partial charge in [0.1, 0.15) is 12.7 Å². The average Bonchev–Trinajstić information content (AvgIpc) is 2.58. The van der Waals surface area contributed by atoms with E-state index in [0.717, 1.165) is 19.3 Å². The zero-order valence-corrected chi connectivity index (χ0v) is 17.6. The molecule has 4 atom stereocenters. The molecule has 1 saturated carbocycles. The normalized spacial score (nSPS) is 24.1. The highest BCUT2D eigenvalue weighted by Gasteiger charge is 2.36. The Hall–Kier alpha value is -1.18. The summed E-state index contributed by atoms with van der Waals surface area (Å²) in [7, 11) is 0. The fourth-order valence-corrected chi connectivity index (χ4v) is 3.44. The summed E-state index contributed by atoms with van der Waals surface area (Å²) in [5.74, 6) is -0.0990. The van der Waals surface area contributed by atoms with Crippen molar-refractivity contribution in [3.05, 3.63) is 0 Å². The number of hydrogen-bond donors (Lipinski definition) is 0. The molecule has 0 N–H and O–H groups in total. The van der Waals surface area contributed by atoms with Crippen LogP contribution in [0.3, 0.4) is 0 Å². The van der Waals surface area contributed by atoms with Gasteiger partial charge in [0.25, 0.3) is 0 Å². The molecule has 1 rings (SSSR count). The Morgan fingerprint density at radius 3 is 2.19 bits per heavy atom. The van der Waals surface area contributed by atoms with Crippen LogP contribution in [-0.4, -0.2) is 50.4 Å². The molecule has 0 unspecified atom stereocenters. The standard InChI is InChI=1S/C20H36O7/c1-7-23-18(24-8-2)12-25-20(26-15(6)21)19(22)27-17-11-14(5)9-10-16(17)13(3)4/h13-14,16-18,20H,7-12H2,1-6H3/t14-,16+,17-,20+/m1/s1. The fraction of sp³-hybridized carbons (Fsp3) is 0.900. The van der Waals surface area contributed by atoms with E-state index in [2.05, 4.69) is 20.8 Å². The highest BCUT2D eigenvalue weighted by atomic mass is 16.7. The first-order valence-corrected chi connectivity index (χ1v) is 10.0. The van der Waals surface area contributed by atoms with Crippen LogP contribution in [0.2, 0.25) is 0 Å². The van der Waals surface area contributed by atoms with Gasteiger partial charge in [0.15, 0.2) is 6.29 Å². The number of carbonyl (C=O) groups excluding carboxylic acids is 2. The molecule has 0 amide bonds. The molecule has 7 heteroatoms. The molecule has 1 aliphatic carbocycles. The minimum Gasteiger partial charge on any atom is -0.457 e. The summed E-state index contributed by atoms with van der Waals surface area (Å²) in [6.07, 6.45) is 0.706. The van der Waals surface area contributed by atoms with Gasteiger partial charge < -0.3 is 23.7 Å². The Labute approximate surface area is 163 Å². The molecular formula is C20H36O7. The lowest BCUT2D eigenvalue weighted by Gasteiger charge is -2.37. The van der Waals surface area contributed by atoms with E-state index in [1.165, 1.54) is 6.92 Å². The highest BCUT2D eigenvalue weighted by Crippen LogP contribution is 2.35. The van der Waals surface area contributed by atoms with Crippen molar-refractivity contribution in [1.29, 1.82) is 0 Å². The van der Waals surface area contributed by atoms with Crippen LogP contribution < -0.4 is 0 Å². The van der Waals surface area contributed by atoms with Gasteiger partial charge in [-0.15, -0.1) is 0 Å². The molecule has 0 aromatic carbocycles. The Morgan fingerprint density at radius 2 is 1.67 bits per heavy atom. The first kappa shape index (κ1) is 23.9. The summed E-state index contributed by atoms with van der Waals surface area (Å²) in [5, 5.41) is 0. The smallest absolute Gasteiger partial charge is 0.376 e. The van der Waals surface area contributed by atoms with Gasteiger partial charge in [-0.3, -0.25) is 4.79 Å². The summed E-state index contributed by atoms with van der Waals surface area (Å²) in [4.78, 5) is 24.0. The minimum absolute atomic E-state index is 0.0383. The fourth-order valence-electron chi connectivity index (χ4n) is 3.44. The van der Waals surface area contributed by atoms with Gasteiger partial charge in [0, 0.05) is 20.1 Å². The van der Waals surface area contributed by atoms with Crippen molar-refractivity contribution in [2.75, 3.05) is 19.8 Å². The van der Waals surface area contributed by atoms with Crippen molar-refractivity contribution < 1.29 is 33.3 Å².